The Hall–Kier alpha value is -1.55. The largest absolute Gasteiger partial charge is 0.376 e. The monoisotopic (exact) mass is 275 g/mol. The van der Waals surface area contributed by atoms with Crippen LogP contribution in [0.15, 0.2) is 30.3 Å². The molecule has 1 aliphatic rings. The summed E-state index contributed by atoms with van der Waals surface area (Å²) in [4.78, 5) is 14.4. The van der Waals surface area contributed by atoms with Crippen LogP contribution in [0.4, 0.5) is 5.69 Å². The second kappa shape index (κ2) is 7.90. The predicted octanol–water partition coefficient (Wildman–Crippen LogP) is 2.09. The summed E-state index contributed by atoms with van der Waals surface area (Å²) >= 11 is 0. The zero-order chi connectivity index (χ0) is 14.2. The van der Waals surface area contributed by atoms with Crippen LogP contribution < -0.4 is 10.6 Å². The van der Waals surface area contributed by atoms with Gasteiger partial charge in [-0.2, -0.15) is 0 Å². The molecule has 1 saturated heterocycles. The van der Waals surface area contributed by atoms with Crippen molar-refractivity contribution in [1.29, 1.82) is 0 Å². The summed E-state index contributed by atoms with van der Waals surface area (Å²) in [7, 11) is 0. The molecule has 0 radical (unpaired) electrons. The van der Waals surface area contributed by atoms with Gasteiger partial charge in [-0.25, -0.2) is 0 Å². The van der Waals surface area contributed by atoms with Crippen LogP contribution in [0.25, 0.3) is 0 Å². The van der Waals surface area contributed by atoms with Gasteiger partial charge in [-0.05, 0) is 37.9 Å². The van der Waals surface area contributed by atoms with E-state index in [0.717, 1.165) is 31.6 Å². The molecule has 0 bridgehead atoms. The molecule has 1 aromatic rings. The molecule has 1 aromatic carbocycles. The first-order valence-electron chi connectivity index (χ1n) is 7.58. The third kappa shape index (κ3) is 4.85. The van der Waals surface area contributed by atoms with Gasteiger partial charge in [-0.15, -0.1) is 0 Å². The lowest BCUT2D eigenvalue weighted by Crippen LogP contribution is -2.46. The van der Waals surface area contributed by atoms with E-state index in [2.05, 4.69) is 22.5 Å². The highest BCUT2D eigenvalue weighted by atomic mass is 16.1. The van der Waals surface area contributed by atoms with Crippen LogP contribution in [-0.4, -0.2) is 43.0 Å². The second-order valence-corrected chi connectivity index (χ2v) is 5.40. The van der Waals surface area contributed by atoms with Crippen LogP contribution >= 0.6 is 0 Å². The van der Waals surface area contributed by atoms with E-state index in [9.17, 15) is 4.79 Å². The van der Waals surface area contributed by atoms with Gasteiger partial charge in [0.05, 0.1) is 6.54 Å². The van der Waals surface area contributed by atoms with Crippen molar-refractivity contribution in [2.24, 2.45) is 0 Å². The Morgan fingerprint density at radius 1 is 1.25 bits per heavy atom. The van der Waals surface area contributed by atoms with Gasteiger partial charge in [0.15, 0.2) is 0 Å². The Balaban J connectivity index is 1.65. The first-order valence-corrected chi connectivity index (χ1v) is 7.58. The number of likely N-dealkylation sites (tertiary alicyclic amines) is 1. The molecule has 1 amide bonds. The summed E-state index contributed by atoms with van der Waals surface area (Å²) in [6.45, 7) is 5.94. The predicted molar refractivity (Wildman–Crippen MR) is 82.8 cm³/mol. The van der Waals surface area contributed by atoms with Crippen molar-refractivity contribution in [3.63, 3.8) is 0 Å². The lowest BCUT2D eigenvalue weighted by Gasteiger charge is -2.32. The van der Waals surface area contributed by atoms with E-state index in [1.54, 1.807) is 0 Å². The van der Waals surface area contributed by atoms with Gasteiger partial charge in [0, 0.05) is 24.8 Å². The zero-order valence-corrected chi connectivity index (χ0v) is 12.3. The second-order valence-electron chi connectivity index (χ2n) is 5.40. The molecule has 0 spiro atoms. The number of piperidine rings is 1. The number of carbonyl (C=O) groups is 1. The minimum Gasteiger partial charge on any atom is -0.376 e. The molecule has 0 saturated carbocycles. The van der Waals surface area contributed by atoms with Gasteiger partial charge in [0.1, 0.15) is 0 Å². The maximum Gasteiger partial charge on any atom is 0.239 e. The minimum atomic E-state index is 0.0859. The van der Waals surface area contributed by atoms with Crippen molar-refractivity contribution in [1.82, 2.24) is 10.2 Å². The van der Waals surface area contributed by atoms with Gasteiger partial charge < -0.3 is 15.5 Å². The van der Waals surface area contributed by atoms with Crippen molar-refractivity contribution in [2.45, 2.75) is 32.2 Å². The van der Waals surface area contributed by atoms with Crippen LogP contribution in [0, 0.1) is 0 Å². The molecule has 4 heteroatoms. The summed E-state index contributed by atoms with van der Waals surface area (Å²) < 4.78 is 0. The average Bonchev–Trinajstić information content (AvgIpc) is 2.49. The van der Waals surface area contributed by atoms with Gasteiger partial charge in [-0.1, -0.05) is 25.1 Å². The number of benzene rings is 1. The third-order valence-electron chi connectivity index (χ3n) is 3.72. The first kappa shape index (κ1) is 14.9. The van der Waals surface area contributed by atoms with E-state index < -0.39 is 0 Å². The van der Waals surface area contributed by atoms with Crippen LogP contribution in [-0.2, 0) is 4.79 Å². The number of hydrogen-bond donors (Lipinski definition) is 2. The summed E-state index contributed by atoms with van der Waals surface area (Å²) in [5.41, 5.74) is 0.986. The smallest absolute Gasteiger partial charge is 0.239 e. The molecule has 0 aliphatic carbocycles. The molecule has 0 aromatic heterocycles. The number of para-hydroxylation sites is 1. The van der Waals surface area contributed by atoms with E-state index in [0.29, 0.717) is 12.6 Å². The molecule has 2 rings (SSSR count). The molecule has 110 valence electrons. The van der Waals surface area contributed by atoms with E-state index in [1.807, 2.05) is 30.3 Å². The highest BCUT2D eigenvalue weighted by molar-refractivity contribution is 5.80. The number of nitrogens with zero attached hydrogens (tertiary/aromatic N) is 1. The maximum absolute atomic E-state index is 11.9. The molecule has 1 fully saturated rings. The maximum atomic E-state index is 11.9. The standard InChI is InChI=1S/C16H25N3O/c1-2-10-19-11-8-15(9-12-19)18-16(20)13-17-14-6-4-3-5-7-14/h3-7,15,17H,2,8-13H2,1H3,(H,18,20). The number of hydrogen-bond acceptors (Lipinski definition) is 3. The van der Waals surface area contributed by atoms with E-state index >= 15 is 0 Å². The molecular weight excluding hydrogens is 250 g/mol. The molecule has 1 aliphatic heterocycles. The van der Waals surface area contributed by atoms with Crippen molar-refractivity contribution in [2.75, 3.05) is 31.5 Å². The highest BCUT2D eigenvalue weighted by Gasteiger charge is 2.19. The van der Waals surface area contributed by atoms with Gasteiger partial charge in [0.25, 0.3) is 0 Å². The first-order chi connectivity index (χ1) is 9.78. The quantitative estimate of drug-likeness (QED) is 0.835. The number of nitrogens with one attached hydrogen (secondary N) is 2. The Labute approximate surface area is 121 Å². The molecule has 0 atom stereocenters. The van der Waals surface area contributed by atoms with Gasteiger partial charge >= 0.3 is 0 Å². The number of amides is 1. The SMILES string of the molecule is CCCN1CCC(NC(=O)CNc2ccccc2)CC1. The van der Waals surface area contributed by atoms with Crippen LogP contribution in [0.5, 0.6) is 0 Å². The Kier molecular flexibility index (Phi) is 5.87. The summed E-state index contributed by atoms with van der Waals surface area (Å²) in [6.07, 6.45) is 3.34. The van der Waals surface area contributed by atoms with Crippen molar-refractivity contribution in [3.05, 3.63) is 30.3 Å². The van der Waals surface area contributed by atoms with Gasteiger partial charge in [0.2, 0.25) is 5.91 Å². The molecule has 0 unspecified atom stereocenters. The zero-order valence-electron chi connectivity index (χ0n) is 12.3. The number of anilines is 1. The fourth-order valence-corrected chi connectivity index (χ4v) is 2.63. The fraction of sp³-hybridized carbons (Fsp3) is 0.562. The lowest BCUT2D eigenvalue weighted by molar-refractivity contribution is -0.120. The molecule has 2 N–H and O–H groups in total. The Morgan fingerprint density at radius 2 is 1.95 bits per heavy atom. The Bertz CT molecular complexity index is 399. The van der Waals surface area contributed by atoms with Crippen molar-refractivity contribution >= 4 is 11.6 Å². The summed E-state index contributed by atoms with van der Waals surface area (Å²) in [5.74, 6) is 0.0859. The molecule has 20 heavy (non-hydrogen) atoms. The number of rotatable bonds is 6. The number of carbonyl (C=O) groups excluding carboxylic acids is 1. The van der Waals surface area contributed by atoms with E-state index in [-0.39, 0.29) is 5.91 Å². The van der Waals surface area contributed by atoms with E-state index in [1.165, 1.54) is 13.0 Å². The minimum absolute atomic E-state index is 0.0859. The summed E-state index contributed by atoms with van der Waals surface area (Å²) in [6, 6.07) is 10.2. The van der Waals surface area contributed by atoms with Crippen LogP contribution in [0.1, 0.15) is 26.2 Å². The molecule has 4 nitrogen and oxygen atoms in total. The topological polar surface area (TPSA) is 44.4 Å². The van der Waals surface area contributed by atoms with Crippen LogP contribution in [0.2, 0.25) is 0 Å². The summed E-state index contributed by atoms with van der Waals surface area (Å²) in [5, 5.41) is 6.26. The molecule has 1 heterocycles. The van der Waals surface area contributed by atoms with Crippen molar-refractivity contribution < 1.29 is 4.79 Å². The van der Waals surface area contributed by atoms with E-state index in [4.69, 9.17) is 0 Å². The van der Waals surface area contributed by atoms with Crippen LogP contribution in [0.3, 0.4) is 0 Å². The lowest BCUT2D eigenvalue weighted by atomic mass is 10.0. The Morgan fingerprint density at radius 3 is 2.60 bits per heavy atom. The fourth-order valence-electron chi connectivity index (χ4n) is 2.63. The third-order valence-corrected chi connectivity index (χ3v) is 3.72. The average molecular weight is 275 g/mol. The van der Waals surface area contributed by atoms with Crippen molar-refractivity contribution in [3.8, 4) is 0 Å². The normalized spacial score (nSPS) is 16.9. The highest BCUT2D eigenvalue weighted by Crippen LogP contribution is 2.10. The molecular formula is C16H25N3O. The van der Waals surface area contributed by atoms with Gasteiger partial charge in [-0.3, -0.25) is 4.79 Å².